The number of ether oxygens (including phenoxy) is 1. The minimum atomic E-state index is -0.209. The molecule has 0 aromatic heterocycles. The van der Waals surface area contributed by atoms with E-state index in [0.29, 0.717) is 22.7 Å². The fraction of sp³-hybridized carbons (Fsp3) is 0.0714. The minimum Gasteiger partial charge on any atom is -0.496 e. The number of nitrogens with two attached hydrogens (primary N) is 1. The summed E-state index contributed by atoms with van der Waals surface area (Å²) in [5, 5.41) is 2.82. The first-order valence-electron chi connectivity index (χ1n) is 5.71. The van der Waals surface area contributed by atoms with Crippen LogP contribution < -0.4 is 15.8 Å². The lowest BCUT2D eigenvalue weighted by Crippen LogP contribution is -2.12. The van der Waals surface area contributed by atoms with Crippen LogP contribution in [0.25, 0.3) is 0 Å². The molecule has 1 amide bonds. The van der Waals surface area contributed by atoms with Crippen LogP contribution in [0.4, 0.5) is 11.4 Å². The second kappa shape index (κ2) is 6.28. The molecule has 0 bridgehead atoms. The maximum absolute atomic E-state index is 12.2. The van der Waals surface area contributed by atoms with Crippen LogP contribution in [0, 0.1) is 0 Å². The van der Waals surface area contributed by atoms with Crippen molar-refractivity contribution in [2.75, 3.05) is 18.2 Å². The Morgan fingerprint density at radius 1 is 1.15 bits per heavy atom. The summed E-state index contributed by atoms with van der Waals surface area (Å²) in [6.07, 6.45) is 0. The van der Waals surface area contributed by atoms with Gasteiger partial charge in [0.15, 0.2) is 0 Å². The number of benzene rings is 2. The van der Waals surface area contributed by atoms with Crippen LogP contribution >= 0.6 is 31.9 Å². The van der Waals surface area contributed by atoms with Gasteiger partial charge in [-0.05, 0) is 68.3 Å². The number of carbonyl (C=O) groups is 1. The second-order valence-corrected chi connectivity index (χ2v) is 5.75. The zero-order valence-corrected chi connectivity index (χ0v) is 13.8. The summed E-state index contributed by atoms with van der Waals surface area (Å²) < 4.78 is 6.59. The smallest absolute Gasteiger partial charge is 0.255 e. The number of rotatable bonds is 3. The number of halogens is 2. The first-order valence-corrected chi connectivity index (χ1v) is 7.30. The molecular formula is C14H12Br2N2O2. The molecule has 2 aromatic carbocycles. The van der Waals surface area contributed by atoms with E-state index in [1.807, 2.05) is 0 Å². The lowest BCUT2D eigenvalue weighted by atomic mass is 10.2. The molecule has 2 aromatic rings. The summed E-state index contributed by atoms with van der Waals surface area (Å²) in [5.41, 5.74) is 7.48. The molecule has 0 spiro atoms. The number of nitrogens with one attached hydrogen (secondary N) is 1. The highest BCUT2D eigenvalue weighted by Gasteiger charge is 2.10. The van der Waals surface area contributed by atoms with Crippen LogP contribution in [0.2, 0.25) is 0 Å². The predicted molar refractivity (Wildman–Crippen MR) is 87.2 cm³/mol. The van der Waals surface area contributed by atoms with Crippen LogP contribution in [-0.4, -0.2) is 13.0 Å². The van der Waals surface area contributed by atoms with Crippen molar-refractivity contribution >= 4 is 49.1 Å². The molecule has 4 nitrogen and oxygen atoms in total. The molecular weight excluding hydrogens is 388 g/mol. The van der Waals surface area contributed by atoms with Crippen LogP contribution in [0.5, 0.6) is 5.75 Å². The molecule has 0 aliphatic rings. The molecule has 0 aliphatic carbocycles. The highest BCUT2D eigenvalue weighted by molar-refractivity contribution is 9.11. The molecule has 0 unspecified atom stereocenters. The molecule has 6 heteroatoms. The largest absolute Gasteiger partial charge is 0.496 e. The number of anilines is 2. The standard InChI is InChI=1S/C14H12Br2N2O2/c1-20-13-5-2-8(6-11(13)16)14(19)18-12-4-3-9(17)7-10(12)15/h2-7H,17H2,1H3,(H,18,19). The third kappa shape index (κ3) is 3.32. The van der Waals surface area contributed by atoms with Gasteiger partial charge in [-0.1, -0.05) is 0 Å². The molecule has 0 radical (unpaired) electrons. The molecule has 0 atom stereocenters. The van der Waals surface area contributed by atoms with Crippen LogP contribution in [0.1, 0.15) is 10.4 Å². The molecule has 20 heavy (non-hydrogen) atoms. The highest BCUT2D eigenvalue weighted by atomic mass is 79.9. The summed E-state index contributed by atoms with van der Waals surface area (Å²) in [6, 6.07) is 10.3. The summed E-state index contributed by atoms with van der Waals surface area (Å²) >= 11 is 6.72. The highest BCUT2D eigenvalue weighted by Crippen LogP contribution is 2.28. The van der Waals surface area contributed by atoms with Gasteiger partial charge in [-0.3, -0.25) is 4.79 Å². The topological polar surface area (TPSA) is 64.3 Å². The Morgan fingerprint density at radius 2 is 1.90 bits per heavy atom. The summed E-state index contributed by atoms with van der Waals surface area (Å²) in [7, 11) is 1.57. The number of carbonyl (C=O) groups excluding carboxylic acids is 1. The maximum Gasteiger partial charge on any atom is 0.255 e. The van der Waals surface area contributed by atoms with E-state index < -0.39 is 0 Å². The first-order chi connectivity index (χ1) is 9.51. The molecule has 3 N–H and O–H groups in total. The maximum atomic E-state index is 12.2. The second-order valence-electron chi connectivity index (χ2n) is 4.04. The first kappa shape index (κ1) is 14.9. The molecule has 0 fully saturated rings. The van der Waals surface area contributed by atoms with Gasteiger partial charge in [0, 0.05) is 15.7 Å². The molecule has 104 valence electrons. The predicted octanol–water partition coefficient (Wildman–Crippen LogP) is 4.05. The van der Waals surface area contributed by atoms with Crippen LogP contribution in [-0.2, 0) is 0 Å². The van der Waals surface area contributed by atoms with Gasteiger partial charge in [-0.15, -0.1) is 0 Å². The van der Waals surface area contributed by atoms with Crippen molar-refractivity contribution in [2.24, 2.45) is 0 Å². The molecule has 2 rings (SSSR count). The van der Waals surface area contributed by atoms with E-state index in [9.17, 15) is 4.79 Å². The molecule has 0 saturated heterocycles. The van der Waals surface area contributed by atoms with E-state index in [1.54, 1.807) is 43.5 Å². The minimum absolute atomic E-state index is 0.209. The van der Waals surface area contributed by atoms with E-state index in [4.69, 9.17) is 10.5 Å². The summed E-state index contributed by atoms with van der Waals surface area (Å²) in [4.78, 5) is 12.2. The van der Waals surface area contributed by atoms with Gasteiger partial charge in [-0.25, -0.2) is 0 Å². The van der Waals surface area contributed by atoms with E-state index in [2.05, 4.69) is 37.2 Å². The van der Waals surface area contributed by atoms with Gasteiger partial charge in [0.1, 0.15) is 5.75 Å². The van der Waals surface area contributed by atoms with Crippen molar-refractivity contribution in [2.45, 2.75) is 0 Å². The number of hydrogen-bond donors (Lipinski definition) is 2. The molecule has 0 heterocycles. The van der Waals surface area contributed by atoms with Gasteiger partial charge in [-0.2, -0.15) is 0 Å². The van der Waals surface area contributed by atoms with Crippen LogP contribution in [0.15, 0.2) is 45.3 Å². The molecule has 0 aliphatic heterocycles. The van der Waals surface area contributed by atoms with Gasteiger partial charge in [0.05, 0.1) is 17.3 Å². The monoisotopic (exact) mass is 398 g/mol. The Morgan fingerprint density at radius 3 is 2.50 bits per heavy atom. The lowest BCUT2D eigenvalue weighted by molar-refractivity contribution is 0.102. The number of hydrogen-bond acceptors (Lipinski definition) is 3. The van der Waals surface area contributed by atoms with Crippen molar-refractivity contribution in [3.8, 4) is 5.75 Å². The van der Waals surface area contributed by atoms with E-state index in [-0.39, 0.29) is 5.91 Å². The quantitative estimate of drug-likeness (QED) is 0.765. The molecule has 0 saturated carbocycles. The average molecular weight is 400 g/mol. The Balaban J connectivity index is 2.21. The number of amides is 1. The lowest BCUT2D eigenvalue weighted by Gasteiger charge is -2.09. The summed E-state index contributed by atoms with van der Waals surface area (Å²) in [6.45, 7) is 0. The zero-order chi connectivity index (χ0) is 14.7. The third-order valence-corrected chi connectivity index (χ3v) is 3.93. The van der Waals surface area contributed by atoms with Crippen molar-refractivity contribution in [1.82, 2.24) is 0 Å². The summed E-state index contributed by atoms with van der Waals surface area (Å²) in [5.74, 6) is 0.467. The fourth-order valence-corrected chi connectivity index (χ4v) is 2.67. The Bertz CT molecular complexity index is 660. The normalized spacial score (nSPS) is 10.2. The van der Waals surface area contributed by atoms with E-state index in [1.165, 1.54) is 0 Å². The van der Waals surface area contributed by atoms with Gasteiger partial charge >= 0.3 is 0 Å². The van der Waals surface area contributed by atoms with Crippen molar-refractivity contribution in [3.05, 3.63) is 50.9 Å². The SMILES string of the molecule is COc1ccc(C(=O)Nc2ccc(N)cc2Br)cc1Br. The van der Waals surface area contributed by atoms with E-state index >= 15 is 0 Å². The average Bonchev–Trinajstić information content (AvgIpc) is 2.41. The van der Waals surface area contributed by atoms with Crippen molar-refractivity contribution in [3.63, 3.8) is 0 Å². The Hall–Kier alpha value is -1.53. The van der Waals surface area contributed by atoms with Gasteiger partial charge in [0.25, 0.3) is 5.91 Å². The van der Waals surface area contributed by atoms with E-state index in [0.717, 1.165) is 8.95 Å². The zero-order valence-electron chi connectivity index (χ0n) is 10.6. The van der Waals surface area contributed by atoms with Crippen molar-refractivity contribution in [1.29, 1.82) is 0 Å². The number of nitrogen functional groups attached to an aromatic ring is 1. The third-order valence-electron chi connectivity index (χ3n) is 2.66. The van der Waals surface area contributed by atoms with Crippen molar-refractivity contribution < 1.29 is 9.53 Å². The fourth-order valence-electron chi connectivity index (χ4n) is 1.63. The number of methoxy groups -OCH3 is 1. The Labute approximate surface area is 133 Å². The van der Waals surface area contributed by atoms with Crippen LogP contribution in [0.3, 0.4) is 0 Å². The Kier molecular flexibility index (Phi) is 4.67. The van der Waals surface area contributed by atoms with Gasteiger partial charge < -0.3 is 15.8 Å². The van der Waals surface area contributed by atoms with Gasteiger partial charge in [0.2, 0.25) is 0 Å².